The van der Waals surface area contributed by atoms with Crippen LogP contribution in [0.25, 0.3) is 10.9 Å². The van der Waals surface area contributed by atoms with Crippen LogP contribution in [0.1, 0.15) is 16.7 Å². The summed E-state index contributed by atoms with van der Waals surface area (Å²) >= 11 is 0. The predicted molar refractivity (Wildman–Crippen MR) is 109 cm³/mol. The number of fused-ring (bicyclic) bond motifs is 1. The molecular weight excluding hydrogens is 342 g/mol. The molecule has 0 fully saturated rings. The molecule has 6 heteroatoms. The van der Waals surface area contributed by atoms with Gasteiger partial charge in [-0.3, -0.25) is 5.43 Å². The van der Waals surface area contributed by atoms with Gasteiger partial charge in [-0.2, -0.15) is 5.10 Å². The van der Waals surface area contributed by atoms with Crippen molar-refractivity contribution in [3.05, 3.63) is 53.1 Å². The maximum atomic E-state index is 5.36. The van der Waals surface area contributed by atoms with Gasteiger partial charge in [-0.1, -0.05) is 18.2 Å². The van der Waals surface area contributed by atoms with E-state index in [0.29, 0.717) is 23.1 Å². The van der Waals surface area contributed by atoms with Gasteiger partial charge in [-0.25, -0.2) is 4.98 Å². The molecule has 0 bridgehead atoms. The van der Waals surface area contributed by atoms with Crippen molar-refractivity contribution in [3.8, 4) is 17.2 Å². The molecule has 3 aromatic rings. The van der Waals surface area contributed by atoms with Crippen LogP contribution < -0.4 is 19.6 Å². The van der Waals surface area contributed by atoms with Gasteiger partial charge in [0.25, 0.3) is 0 Å². The molecule has 1 heterocycles. The number of hydrogen-bond acceptors (Lipinski definition) is 6. The number of nitrogens with one attached hydrogen (secondary N) is 1. The minimum Gasteiger partial charge on any atom is -0.493 e. The van der Waals surface area contributed by atoms with Gasteiger partial charge >= 0.3 is 0 Å². The molecule has 6 nitrogen and oxygen atoms in total. The Kier molecular flexibility index (Phi) is 5.45. The average molecular weight is 365 g/mol. The van der Waals surface area contributed by atoms with Crippen molar-refractivity contribution in [1.82, 2.24) is 4.98 Å². The second kappa shape index (κ2) is 7.95. The molecule has 140 valence electrons. The fourth-order valence-corrected chi connectivity index (χ4v) is 2.97. The molecule has 0 aliphatic carbocycles. The largest absolute Gasteiger partial charge is 0.493 e. The van der Waals surface area contributed by atoms with Crippen molar-refractivity contribution in [1.29, 1.82) is 0 Å². The number of anilines is 1. The first-order valence-corrected chi connectivity index (χ1v) is 8.53. The Morgan fingerprint density at radius 2 is 1.63 bits per heavy atom. The quantitative estimate of drug-likeness (QED) is 0.520. The fraction of sp³-hybridized carbons (Fsp3) is 0.238. The van der Waals surface area contributed by atoms with Gasteiger partial charge in [-0.15, -0.1) is 0 Å². The number of aromatic nitrogens is 1. The highest BCUT2D eigenvalue weighted by Gasteiger charge is 2.12. The lowest BCUT2D eigenvalue weighted by molar-refractivity contribution is 0.324. The number of para-hydroxylation sites is 1. The third-order valence-electron chi connectivity index (χ3n) is 4.33. The molecule has 0 radical (unpaired) electrons. The molecular formula is C21H23N3O3. The number of hydrogen-bond donors (Lipinski definition) is 1. The highest BCUT2D eigenvalue weighted by atomic mass is 16.5. The number of benzene rings is 2. The van der Waals surface area contributed by atoms with Crippen LogP contribution in [0.15, 0.2) is 41.5 Å². The molecule has 0 spiro atoms. The van der Waals surface area contributed by atoms with Crippen LogP contribution in [0.4, 0.5) is 5.82 Å². The van der Waals surface area contributed by atoms with Gasteiger partial charge in [0, 0.05) is 10.9 Å². The molecule has 0 aliphatic rings. The highest BCUT2D eigenvalue weighted by Crippen LogP contribution is 2.37. The maximum Gasteiger partial charge on any atom is 0.203 e. The smallest absolute Gasteiger partial charge is 0.203 e. The SMILES string of the molecule is COc1cc(/C=N/Nc2cc(C)c3cccc(C)c3n2)cc(OC)c1OC. The Morgan fingerprint density at radius 3 is 2.26 bits per heavy atom. The predicted octanol–water partition coefficient (Wildman–Crippen LogP) is 4.32. The van der Waals surface area contributed by atoms with E-state index < -0.39 is 0 Å². The fourth-order valence-electron chi connectivity index (χ4n) is 2.97. The molecule has 3 rings (SSSR count). The zero-order chi connectivity index (χ0) is 19.4. The highest BCUT2D eigenvalue weighted by molar-refractivity contribution is 5.87. The van der Waals surface area contributed by atoms with Gasteiger partial charge in [0.2, 0.25) is 5.75 Å². The van der Waals surface area contributed by atoms with Crippen molar-refractivity contribution in [3.63, 3.8) is 0 Å². The lowest BCUT2D eigenvalue weighted by Gasteiger charge is -2.12. The van der Waals surface area contributed by atoms with E-state index in [1.807, 2.05) is 24.3 Å². The molecule has 1 N–H and O–H groups in total. The lowest BCUT2D eigenvalue weighted by atomic mass is 10.1. The Labute approximate surface area is 158 Å². The van der Waals surface area contributed by atoms with Crippen molar-refractivity contribution in [2.75, 3.05) is 26.8 Å². The number of nitrogens with zero attached hydrogens (tertiary/aromatic N) is 2. The van der Waals surface area contributed by atoms with E-state index in [1.165, 1.54) is 0 Å². The van der Waals surface area contributed by atoms with Crippen LogP contribution in [0.2, 0.25) is 0 Å². The summed E-state index contributed by atoms with van der Waals surface area (Å²) in [6.07, 6.45) is 1.68. The van der Waals surface area contributed by atoms with E-state index in [-0.39, 0.29) is 0 Å². The number of ether oxygens (including phenoxy) is 3. The van der Waals surface area contributed by atoms with Crippen molar-refractivity contribution >= 4 is 22.9 Å². The molecule has 2 aromatic carbocycles. The minimum absolute atomic E-state index is 0.549. The summed E-state index contributed by atoms with van der Waals surface area (Å²) in [5.41, 5.74) is 7.07. The third kappa shape index (κ3) is 3.79. The van der Waals surface area contributed by atoms with Crippen molar-refractivity contribution < 1.29 is 14.2 Å². The van der Waals surface area contributed by atoms with Crippen LogP contribution >= 0.6 is 0 Å². The van der Waals surface area contributed by atoms with Crippen LogP contribution in [0.5, 0.6) is 17.2 Å². The molecule has 0 atom stereocenters. The molecule has 1 aromatic heterocycles. The first kappa shape index (κ1) is 18.5. The lowest BCUT2D eigenvalue weighted by Crippen LogP contribution is -1.98. The van der Waals surface area contributed by atoms with Crippen molar-refractivity contribution in [2.45, 2.75) is 13.8 Å². The van der Waals surface area contributed by atoms with Gasteiger partial charge in [0.1, 0.15) is 5.82 Å². The molecule has 0 unspecified atom stereocenters. The Hall–Kier alpha value is -3.28. The van der Waals surface area contributed by atoms with Gasteiger partial charge in [0.15, 0.2) is 11.5 Å². The second-order valence-corrected chi connectivity index (χ2v) is 6.12. The van der Waals surface area contributed by atoms with Gasteiger partial charge < -0.3 is 14.2 Å². The van der Waals surface area contributed by atoms with Gasteiger partial charge in [0.05, 0.1) is 33.1 Å². The molecule has 0 saturated heterocycles. The summed E-state index contributed by atoms with van der Waals surface area (Å²) in [7, 11) is 4.74. The number of pyridine rings is 1. The third-order valence-corrected chi connectivity index (χ3v) is 4.33. The minimum atomic E-state index is 0.549. The first-order valence-electron chi connectivity index (χ1n) is 8.53. The molecule has 27 heavy (non-hydrogen) atoms. The van der Waals surface area contributed by atoms with E-state index in [1.54, 1.807) is 27.5 Å². The monoisotopic (exact) mass is 365 g/mol. The standard InChI is InChI=1S/C21H23N3O3/c1-13-7-6-8-16-14(2)9-19(23-20(13)16)24-22-12-15-10-17(25-3)21(27-5)18(11-15)26-4/h6-12H,1-5H3,(H,23,24)/b22-12+. The summed E-state index contributed by atoms with van der Waals surface area (Å²) < 4.78 is 16.1. The van der Waals surface area contributed by atoms with E-state index in [2.05, 4.69) is 41.5 Å². The van der Waals surface area contributed by atoms with Crippen LogP contribution in [-0.2, 0) is 0 Å². The van der Waals surface area contributed by atoms with Crippen LogP contribution in [0.3, 0.4) is 0 Å². The average Bonchev–Trinajstić information content (AvgIpc) is 2.68. The summed E-state index contributed by atoms with van der Waals surface area (Å²) in [6, 6.07) is 11.8. The van der Waals surface area contributed by atoms with Crippen LogP contribution in [0, 0.1) is 13.8 Å². The zero-order valence-electron chi connectivity index (χ0n) is 16.2. The zero-order valence-corrected chi connectivity index (χ0v) is 16.2. The molecule has 0 saturated carbocycles. The van der Waals surface area contributed by atoms with E-state index in [4.69, 9.17) is 14.2 Å². The number of aryl methyl sites for hydroxylation is 2. The first-order chi connectivity index (χ1) is 13.1. The van der Waals surface area contributed by atoms with Crippen LogP contribution in [-0.4, -0.2) is 32.5 Å². The molecule has 0 aliphatic heterocycles. The number of hydrazone groups is 1. The summed E-state index contributed by atoms with van der Waals surface area (Å²) in [5.74, 6) is 2.40. The summed E-state index contributed by atoms with van der Waals surface area (Å²) in [4.78, 5) is 4.67. The molecule has 0 amide bonds. The Morgan fingerprint density at radius 1 is 0.926 bits per heavy atom. The number of methoxy groups -OCH3 is 3. The number of rotatable bonds is 6. The second-order valence-electron chi connectivity index (χ2n) is 6.12. The van der Waals surface area contributed by atoms with E-state index in [0.717, 1.165) is 27.6 Å². The van der Waals surface area contributed by atoms with Crippen molar-refractivity contribution in [2.24, 2.45) is 5.10 Å². The topological polar surface area (TPSA) is 65.0 Å². The normalized spacial score (nSPS) is 11.0. The summed E-state index contributed by atoms with van der Waals surface area (Å²) in [5, 5.41) is 5.45. The Bertz CT molecular complexity index is 974. The Balaban J connectivity index is 1.88. The van der Waals surface area contributed by atoms with Gasteiger partial charge in [-0.05, 0) is 43.2 Å². The maximum absolute atomic E-state index is 5.36. The van der Waals surface area contributed by atoms with E-state index >= 15 is 0 Å². The summed E-state index contributed by atoms with van der Waals surface area (Å²) in [6.45, 7) is 4.12. The van der Waals surface area contributed by atoms with E-state index in [9.17, 15) is 0 Å².